The van der Waals surface area contributed by atoms with Gasteiger partial charge in [0.25, 0.3) is 0 Å². The summed E-state index contributed by atoms with van der Waals surface area (Å²) in [5, 5.41) is 53.9. The van der Waals surface area contributed by atoms with Crippen molar-refractivity contribution in [3.63, 3.8) is 0 Å². The Balaban J connectivity index is 1.15. The number of aliphatic hydroxyl groups is 5. The molecule has 3 saturated carbocycles. The molecule has 6 aliphatic rings. The van der Waals surface area contributed by atoms with E-state index in [1.165, 1.54) is 32.1 Å². The number of rotatable bonds is 7. The Labute approximate surface area is 258 Å². The van der Waals surface area contributed by atoms with Crippen molar-refractivity contribution in [3.8, 4) is 0 Å². The van der Waals surface area contributed by atoms with E-state index >= 15 is 0 Å². The fourth-order valence-electron chi connectivity index (χ4n) is 9.19. The summed E-state index contributed by atoms with van der Waals surface area (Å²) in [5.41, 5.74) is 7.04. The summed E-state index contributed by atoms with van der Waals surface area (Å²) in [6, 6.07) is 0. The highest BCUT2D eigenvalue weighted by molar-refractivity contribution is 6.02. The lowest BCUT2D eigenvalue weighted by atomic mass is 9.59. The SMILES string of the molecule is NC1CCC(CC2CCCCC2CC2=CC3C(=O)C4CCCC(OC5OC(CO)C(O)C(O)C5O)C4C(=O)C3C(O)=C2)C[NH2+]1. The van der Waals surface area contributed by atoms with Gasteiger partial charge in [0.15, 0.2) is 12.1 Å². The quantitative estimate of drug-likeness (QED) is 0.207. The van der Waals surface area contributed by atoms with Crippen LogP contribution >= 0.6 is 0 Å². The summed E-state index contributed by atoms with van der Waals surface area (Å²) in [7, 11) is 0. The minimum Gasteiger partial charge on any atom is -0.512 e. The van der Waals surface area contributed by atoms with E-state index in [1.807, 2.05) is 6.08 Å². The van der Waals surface area contributed by atoms with Gasteiger partial charge in [-0.25, -0.2) is 0 Å². The summed E-state index contributed by atoms with van der Waals surface area (Å²) >= 11 is 0. The van der Waals surface area contributed by atoms with Crippen molar-refractivity contribution >= 4 is 11.6 Å². The first-order chi connectivity index (χ1) is 21.2. The van der Waals surface area contributed by atoms with Crippen LogP contribution in [0.25, 0.3) is 0 Å². The molecule has 2 aliphatic heterocycles. The van der Waals surface area contributed by atoms with Crippen LogP contribution in [0.15, 0.2) is 23.5 Å². The number of ketones is 2. The number of nitrogens with two attached hydrogens (primary N) is 2. The van der Waals surface area contributed by atoms with Crippen LogP contribution in [0.4, 0.5) is 0 Å². The van der Waals surface area contributed by atoms with Gasteiger partial charge in [-0.15, -0.1) is 0 Å². The lowest BCUT2D eigenvalue weighted by molar-refractivity contribution is -0.703. The van der Waals surface area contributed by atoms with Crippen LogP contribution in [0.3, 0.4) is 0 Å². The first kappa shape index (κ1) is 32.2. The van der Waals surface area contributed by atoms with Crippen LogP contribution in [0.2, 0.25) is 0 Å². The van der Waals surface area contributed by atoms with Crippen LogP contribution in [-0.2, 0) is 19.1 Å². The van der Waals surface area contributed by atoms with E-state index in [0.29, 0.717) is 37.0 Å². The van der Waals surface area contributed by atoms with Gasteiger partial charge in [0, 0.05) is 18.3 Å². The Morgan fingerprint density at radius 3 is 2.43 bits per heavy atom. The summed E-state index contributed by atoms with van der Waals surface area (Å²) in [5.74, 6) is -1.67. The first-order valence-corrected chi connectivity index (χ1v) is 16.9. The molecule has 11 heteroatoms. The average molecular weight is 620 g/mol. The van der Waals surface area contributed by atoms with Crippen molar-refractivity contribution in [2.45, 2.75) is 114 Å². The fourth-order valence-corrected chi connectivity index (χ4v) is 9.19. The third kappa shape index (κ3) is 6.31. The maximum atomic E-state index is 14.0. The summed E-state index contributed by atoms with van der Waals surface area (Å²) in [6.45, 7) is 0.489. The highest BCUT2D eigenvalue weighted by atomic mass is 16.7. The third-order valence-electron chi connectivity index (χ3n) is 11.6. The van der Waals surface area contributed by atoms with Gasteiger partial charge in [-0.05, 0) is 62.0 Å². The summed E-state index contributed by atoms with van der Waals surface area (Å²) in [6.07, 6.45) is 6.45. The van der Waals surface area contributed by atoms with E-state index in [1.54, 1.807) is 6.08 Å². The largest absolute Gasteiger partial charge is 0.512 e. The summed E-state index contributed by atoms with van der Waals surface area (Å²) < 4.78 is 11.6. The number of carbonyl (C=O) groups is 2. The van der Waals surface area contributed by atoms with Crippen molar-refractivity contribution in [2.24, 2.45) is 47.2 Å². The van der Waals surface area contributed by atoms with Crippen LogP contribution in [-0.4, -0.2) is 93.2 Å². The van der Waals surface area contributed by atoms with Gasteiger partial charge in [0.1, 0.15) is 42.1 Å². The molecule has 14 atom stereocenters. The molecule has 2 saturated heterocycles. The Kier molecular flexibility index (Phi) is 9.95. The molecule has 9 N–H and O–H groups in total. The highest BCUT2D eigenvalue weighted by Crippen LogP contribution is 2.48. The van der Waals surface area contributed by atoms with Crippen molar-refractivity contribution in [1.29, 1.82) is 0 Å². The standard InChI is InChI=1S/C33H50N2O9/c34-25-9-8-16(14-35-25)10-18-4-1-2-5-19(18)11-17-12-21-26(22(37)13-17)30(40)27-20(28(21)38)6-3-7-23(27)43-33-32(42)31(41)29(39)24(15-36)44-33/h12-13,16,18-21,23-27,29,31-33,35-37,39,41-42H,1-11,14-15,34H2/p+1. The minimum atomic E-state index is -1.60. The molecule has 14 unspecified atom stereocenters. The molecule has 246 valence electrons. The molecule has 11 nitrogen and oxygen atoms in total. The van der Waals surface area contributed by atoms with Gasteiger partial charge < -0.3 is 40.3 Å². The van der Waals surface area contributed by atoms with Gasteiger partial charge in [0.05, 0.1) is 37.0 Å². The predicted molar refractivity (Wildman–Crippen MR) is 157 cm³/mol. The van der Waals surface area contributed by atoms with E-state index in [-0.39, 0.29) is 23.5 Å². The van der Waals surface area contributed by atoms with E-state index in [0.717, 1.165) is 31.4 Å². The number of Topliss-reactive ketones (excluding diaryl/α,β-unsaturated/α-hetero) is 2. The third-order valence-corrected chi connectivity index (χ3v) is 11.6. The zero-order valence-electron chi connectivity index (χ0n) is 25.5. The van der Waals surface area contributed by atoms with Crippen molar-refractivity contribution < 1.29 is 49.9 Å². The molecule has 6 rings (SSSR count). The molecule has 44 heavy (non-hydrogen) atoms. The second-order valence-electron chi connectivity index (χ2n) is 14.4. The Hall–Kier alpha value is -1.70. The van der Waals surface area contributed by atoms with E-state index < -0.39 is 67.1 Å². The predicted octanol–water partition coefficient (Wildman–Crippen LogP) is 0.199. The number of aliphatic hydroxyl groups excluding tert-OH is 5. The molecule has 0 spiro atoms. The zero-order chi connectivity index (χ0) is 31.1. The Morgan fingerprint density at radius 2 is 1.70 bits per heavy atom. The molecule has 5 fully saturated rings. The second kappa shape index (κ2) is 13.6. The topological polar surface area (TPSA) is 196 Å². The number of carbonyl (C=O) groups excluding carboxylic acids is 2. The first-order valence-electron chi connectivity index (χ1n) is 16.9. The smallest absolute Gasteiger partial charge is 0.186 e. The lowest BCUT2D eigenvalue weighted by Gasteiger charge is -2.47. The van der Waals surface area contributed by atoms with E-state index in [9.17, 15) is 35.1 Å². The number of fused-ring (bicyclic) bond motifs is 2. The number of quaternary nitrogens is 1. The zero-order valence-corrected chi connectivity index (χ0v) is 25.5. The number of hydrogen-bond acceptors (Lipinski definition) is 10. The lowest BCUT2D eigenvalue weighted by Crippen LogP contribution is -2.95. The normalized spacial score (nSPS) is 46.5. The maximum Gasteiger partial charge on any atom is 0.186 e. The number of ether oxygens (including phenoxy) is 2. The van der Waals surface area contributed by atoms with Crippen molar-refractivity contribution in [3.05, 3.63) is 23.5 Å². The highest BCUT2D eigenvalue weighted by Gasteiger charge is 2.56. The summed E-state index contributed by atoms with van der Waals surface area (Å²) in [4.78, 5) is 28.0. The van der Waals surface area contributed by atoms with E-state index in [2.05, 4.69) is 5.32 Å². The molecule has 0 aromatic rings. The molecule has 0 aromatic carbocycles. The average Bonchev–Trinajstić information content (AvgIpc) is 3.02. The molecule has 0 amide bonds. The van der Waals surface area contributed by atoms with Gasteiger partial charge >= 0.3 is 0 Å². The molecule has 0 bridgehead atoms. The molecule has 4 aliphatic carbocycles. The van der Waals surface area contributed by atoms with Crippen LogP contribution < -0.4 is 11.1 Å². The number of allylic oxidation sites excluding steroid dienone is 4. The van der Waals surface area contributed by atoms with Crippen LogP contribution in [0.1, 0.15) is 70.6 Å². The Morgan fingerprint density at radius 1 is 0.932 bits per heavy atom. The maximum absolute atomic E-state index is 14.0. The van der Waals surface area contributed by atoms with Gasteiger partial charge in [-0.1, -0.05) is 31.8 Å². The molecule has 2 heterocycles. The van der Waals surface area contributed by atoms with Crippen molar-refractivity contribution in [2.75, 3.05) is 13.2 Å². The molecular weight excluding hydrogens is 568 g/mol. The van der Waals surface area contributed by atoms with Gasteiger partial charge in [-0.3, -0.25) is 15.3 Å². The second-order valence-corrected chi connectivity index (χ2v) is 14.4. The van der Waals surface area contributed by atoms with Crippen molar-refractivity contribution in [1.82, 2.24) is 0 Å². The Bertz CT molecular complexity index is 1120. The number of piperidine rings is 1. The number of hydrogen-bond donors (Lipinski definition) is 7. The fraction of sp³-hybridized carbons (Fsp3) is 0.818. The van der Waals surface area contributed by atoms with Crippen LogP contribution in [0, 0.1) is 41.4 Å². The van der Waals surface area contributed by atoms with E-state index in [4.69, 9.17) is 15.2 Å². The van der Waals surface area contributed by atoms with Gasteiger partial charge in [0.2, 0.25) is 0 Å². The molecular formula is C33H51N2O9+. The minimum absolute atomic E-state index is 0.0619. The van der Waals surface area contributed by atoms with Crippen LogP contribution in [0.5, 0.6) is 0 Å². The van der Waals surface area contributed by atoms with Gasteiger partial charge in [-0.2, -0.15) is 0 Å². The molecule has 0 aromatic heterocycles. The monoisotopic (exact) mass is 619 g/mol. The molecule has 0 radical (unpaired) electrons.